The lowest BCUT2D eigenvalue weighted by atomic mass is 10.1. The topological polar surface area (TPSA) is 46.5 Å². The molecule has 122 valence electrons. The molecule has 3 rings (SSSR count). The van der Waals surface area contributed by atoms with Gasteiger partial charge in [-0.05, 0) is 43.7 Å². The Balaban J connectivity index is 1.71. The molecule has 0 aliphatic carbocycles. The van der Waals surface area contributed by atoms with Crippen molar-refractivity contribution >= 4 is 22.7 Å². The smallest absolute Gasteiger partial charge is 0.204 e. The van der Waals surface area contributed by atoms with Crippen molar-refractivity contribution in [3.8, 4) is 17.0 Å². The Hall–Kier alpha value is -2.66. The Morgan fingerprint density at radius 2 is 1.88 bits per heavy atom. The lowest BCUT2D eigenvalue weighted by molar-refractivity contribution is 0.340. The fraction of sp³-hybridized carbons (Fsp3) is 0.158. The summed E-state index contributed by atoms with van der Waals surface area (Å²) in [6.45, 7) is 4.71. The predicted molar refractivity (Wildman–Crippen MR) is 101 cm³/mol. The van der Waals surface area contributed by atoms with Crippen molar-refractivity contribution in [3.05, 3.63) is 65.0 Å². The normalized spacial score (nSPS) is 10.9. The van der Waals surface area contributed by atoms with Crippen LogP contribution in [0.15, 0.2) is 59.7 Å². The van der Waals surface area contributed by atoms with Crippen LogP contribution in [-0.2, 0) is 0 Å². The second-order valence-corrected chi connectivity index (χ2v) is 6.37. The lowest BCUT2D eigenvalue weighted by Crippen LogP contribution is -1.91. The number of hydrogen-bond acceptors (Lipinski definition) is 5. The summed E-state index contributed by atoms with van der Waals surface area (Å²) in [4.78, 5) is 5.79. The van der Waals surface area contributed by atoms with Crippen molar-refractivity contribution in [2.45, 2.75) is 13.8 Å². The molecule has 4 nitrogen and oxygen atoms in total. The number of thiazole rings is 1. The summed E-state index contributed by atoms with van der Waals surface area (Å²) in [5.41, 5.74) is 6.10. The molecule has 0 aliphatic heterocycles. The van der Waals surface area contributed by atoms with Gasteiger partial charge in [0, 0.05) is 10.4 Å². The van der Waals surface area contributed by atoms with E-state index in [1.165, 1.54) is 0 Å². The van der Waals surface area contributed by atoms with Crippen LogP contribution in [0.5, 0.6) is 5.75 Å². The molecule has 0 saturated heterocycles. The van der Waals surface area contributed by atoms with E-state index in [-0.39, 0.29) is 0 Å². The first kappa shape index (κ1) is 16.2. The molecule has 2 aromatic carbocycles. The maximum atomic E-state index is 5.48. The Bertz CT molecular complexity index is 810. The third-order valence-electron chi connectivity index (χ3n) is 3.41. The van der Waals surface area contributed by atoms with E-state index in [0.29, 0.717) is 6.61 Å². The summed E-state index contributed by atoms with van der Waals surface area (Å²) in [7, 11) is 0. The zero-order chi connectivity index (χ0) is 16.8. The van der Waals surface area contributed by atoms with E-state index >= 15 is 0 Å². The van der Waals surface area contributed by atoms with E-state index in [4.69, 9.17) is 4.74 Å². The number of nitrogens with zero attached hydrogens (tertiary/aromatic N) is 2. The fourth-order valence-corrected chi connectivity index (χ4v) is 3.07. The number of ether oxygens (including phenoxy) is 1. The number of hydrazone groups is 1. The molecule has 1 aromatic heterocycles. The quantitative estimate of drug-likeness (QED) is 0.510. The van der Waals surface area contributed by atoms with Gasteiger partial charge in [0.1, 0.15) is 5.75 Å². The molecule has 3 aromatic rings. The second-order valence-electron chi connectivity index (χ2n) is 5.16. The monoisotopic (exact) mass is 337 g/mol. The SMILES string of the molecule is CCOc1ccc(-c2nc(NN=Cc3ccccc3)sc2C)cc1. The molecule has 24 heavy (non-hydrogen) atoms. The number of nitrogens with one attached hydrogen (secondary N) is 1. The highest BCUT2D eigenvalue weighted by Gasteiger charge is 2.09. The van der Waals surface area contributed by atoms with Gasteiger partial charge < -0.3 is 4.74 Å². The second kappa shape index (κ2) is 7.75. The molecular weight excluding hydrogens is 318 g/mol. The minimum atomic E-state index is 0.669. The van der Waals surface area contributed by atoms with Crippen LogP contribution in [0.3, 0.4) is 0 Å². The molecule has 0 saturated carbocycles. The molecule has 0 spiro atoms. The van der Waals surface area contributed by atoms with E-state index in [0.717, 1.165) is 32.6 Å². The van der Waals surface area contributed by atoms with E-state index in [1.807, 2.05) is 61.5 Å². The van der Waals surface area contributed by atoms with Gasteiger partial charge >= 0.3 is 0 Å². The number of anilines is 1. The first-order valence-electron chi connectivity index (χ1n) is 7.81. The summed E-state index contributed by atoms with van der Waals surface area (Å²) in [6.07, 6.45) is 1.79. The summed E-state index contributed by atoms with van der Waals surface area (Å²) < 4.78 is 5.48. The lowest BCUT2D eigenvalue weighted by Gasteiger charge is -2.03. The maximum Gasteiger partial charge on any atom is 0.204 e. The van der Waals surface area contributed by atoms with Gasteiger partial charge in [0.15, 0.2) is 0 Å². The molecule has 0 atom stereocenters. The first-order chi connectivity index (χ1) is 11.8. The molecule has 0 bridgehead atoms. The highest BCUT2D eigenvalue weighted by atomic mass is 32.1. The van der Waals surface area contributed by atoms with Crippen LogP contribution in [0.25, 0.3) is 11.3 Å². The largest absolute Gasteiger partial charge is 0.494 e. The van der Waals surface area contributed by atoms with Gasteiger partial charge in [-0.15, -0.1) is 11.3 Å². The molecule has 5 heteroatoms. The Kier molecular flexibility index (Phi) is 5.23. The molecular formula is C19H19N3OS. The number of benzene rings is 2. The fourth-order valence-electron chi connectivity index (χ4n) is 2.29. The molecule has 0 fully saturated rings. The van der Waals surface area contributed by atoms with Crippen molar-refractivity contribution in [1.29, 1.82) is 0 Å². The summed E-state index contributed by atoms with van der Waals surface area (Å²) >= 11 is 1.59. The molecule has 0 unspecified atom stereocenters. The number of hydrogen-bond donors (Lipinski definition) is 1. The van der Waals surface area contributed by atoms with E-state index < -0.39 is 0 Å². The van der Waals surface area contributed by atoms with Crippen LogP contribution >= 0.6 is 11.3 Å². The average molecular weight is 337 g/mol. The van der Waals surface area contributed by atoms with E-state index in [2.05, 4.69) is 22.4 Å². The highest BCUT2D eigenvalue weighted by molar-refractivity contribution is 7.15. The van der Waals surface area contributed by atoms with Gasteiger partial charge in [0.2, 0.25) is 5.13 Å². The number of aryl methyl sites for hydroxylation is 1. The van der Waals surface area contributed by atoms with Gasteiger partial charge in [0.05, 0.1) is 18.5 Å². The predicted octanol–water partition coefficient (Wildman–Crippen LogP) is 4.96. The van der Waals surface area contributed by atoms with Crippen molar-refractivity contribution in [2.75, 3.05) is 12.0 Å². The van der Waals surface area contributed by atoms with Crippen LogP contribution in [-0.4, -0.2) is 17.8 Å². The van der Waals surface area contributed by atoms with E-state index in [1.54, 1.807) is 17.6 Å². The molecule has 1 heterocycles. The molecule has 0 radical (unpaired) electrons. The minimum Gasteiger partial charge on any atom is -0.494 e. The zero-order valence-electron chi connectivity index (χ0n) is 13.7. The van der Waals surface area contributed by atoms with Crippen molar-refractivity contribution in [3.63, 3.8) is 0 Å². The van der Waals surface area contributed by atoms with Crippen LogP contribution in [0.2, 0.25) is 0 Å². The molecule has 0 amide bonds. The van der Waals surface area contributed by atoms with Crippen molar-refractivity contribution in [1.82, 2.24) is 4.98 Å². The van der Waals surface area contributed by atoms with Gasteiger partial charge in [-0.25, -0.2) is 4.98 Å². The maximum absolute atomic E-state index is 5.48. The van der Waals surface area contributed by atoms with Crippen LogP contribution < -0.4 is 10.2 Å². The van der Waals surface area contributed by atoms with Gasteiger partial charge in [-0.3, -0.25) is 5.43 Å². The Labute approximate surface area is 145 Å². The van der Waals surface area contributed by atoms with Crippen LogP contribution in [0.1, 0.15) is 17.4 Å². The third kappa shape index (κ3) is 4.00. The zero-order valence-corrected chi connectivity index (χ0v) is 14.5. The molecule has 0 aliphatic rings. The summed E-state index contributed by atoms with van der Waals surface area (Å²) in [6, 6.07) is 18.0. The average Bonchev–Trinajstić information content (AvgIpc) is 2.98. The Morgan fingerprint density at radius 3 is 2.58 bits per heavy atom. The van der Waals surface area contributed by atoms with Gasteiger partial charge in [-0.2, -0.15) is 5.10 Å². The standard InChI is InChI=1S/C19H19N3OS/c1-3-23-17-11-9-16(10-12-17)18-14(2)24-19(21-18)22-20-13-15-7-5-4-6-8-15/h4-13H,3H2,1-2H3,(H,21,22). The number of rotatable bonds is 6. The highest BCUT2D eigenvalue weighted by Crippen LogP contribution is 2.31. The molecule has 1 N–H and O–H groups in total. The first-order valence-corrected chi connectivity index (χ1v) is 8.62. The van der Waals surface area contributed by atoms with E-state index in [9.17, 15) is 0 Å². The third-order valence-corrected chi connectivity index (χ3v) is 4.28. The van der Waals surface area contributed by atoms with Crippen molar-refractivity contribution < 1.29 is 4.74 Å². The van der Waals surface area contributed by atoms with Crippen LogP contribution in [0, 0.1) is 6.92 Å². The number of aromatic nitrogens is 1. The van der Waals surface area contributed by atoms with Gasteiger partial charge in [0.25, 0.3) is 0 Å². The van der Waals surface area contributed by atoms with Crippen LogP contribution in [0.4, 0.5) is 5.13 Å². The summed E-state index contributed by atoms with van der Waals surface area (Å²) in [5, 5.41) is 5.03. The van der Waals surface area contributed by atoms with Crippen molar-refractivity contribution in [2.24, 2.45) is 5.10 Å². The Morgan fingerprint density at radius 1 is 1.12 bits per heavy atom. The van der Waals surface area contributed by atoms with Gasteiger partial charge in [-0.1, -0.05) is 30.3 Å². The minimum absolute atomic E-state index is 0.669. The summed E-state index contributed by atoms with van der Waals surface area (Å²) in [5.74, 6) is 0.875.